The van der Waals surface area contributed by atoms with Crippen LogP contribution in [0.1, 0.15) is 57.7 Å². The number of imide groups is 1. The topological polar surface area (TPSA) is 84.0 Å². The van der Waals surface area contributed by atoms with Gasteiger partial charge in [-0.05, 0) is 54.7 Å². The van der Waals surface area contributed by atoms with Crippen LogP contribution < -0.4 is 14.5 Å². The largest absolute Gasteiger partial charge is 0.426 e. The van der Waals surface area contributed by atoms with Crippen LogP contribution in [-0.2, 0) is 22.4 Å². The summed E-state index contributed by atoms with van der Waals surface area (Å²) < 4.78 is 5.64. The molecule has 2 aliphatic rings. The van der Waals surface area contributed by atoms with Crippen molar-refractivity contribution in [1.82, 2.24) is 0 Å². The van der Waals surface area contributed by atoms with Crippen molar-refractivity contribution < 1.29 is 23.9 Å². The van der Waals surface area contributed by atoms with Crippen molar-refractivity contribution in [2.45, 2.75) is 40.0 Å². The Hall–Kier alpha value is -3.10. The molecule has 3 aromatic rings. The Bertz CT molecular complexity index is 1590. The van der Waals surface area contributed by atoms with Crippen molar-refractivity contribution >= 4 is 81.5 Å². The number of amides is 3. The van der Waals surface area contributed by atoms with Crippen LogP contribution in [0.4, 0.5) is 11.4 Å². The number of ether oxygens (including phenoxy) is 1. The van der Waals surface area contributed by atoms with Crippen LogP contribution in [0.3, 0.4) is 0 Å². The summed E-state index contributed by atoms with van der Waals surface area (Å²) in [7, 11) is 0. The molecule has 212 valence electrons. The number of rotatable bonds is 6. The fourth-order valence-electron chi connectivity index (χ4n) is 5.35. The van der Waals surface area contributed by atoms with Crippen molar-refractivity contribution in [3.05, 3.63) is 84.3 Å². The zero-order chi connectivity index (χ0) is 29.7. The molecule has 0 aliphatic carbocycles. The summed E-state index contributed by atoms with van der Waals surface area (Å²) in [5, 5.41) is -0.556. The van der Waals surface area contributed by atoms with E-state index in [0.717, 1.165) is 34.6 Å². The van der Waals surface area contributed by atoms with E-state index in [1.807, 2.05) is 32.0 Å². The van der Waals surface area contributed by atoms with E-state index in [9.17, 15) is 19.2 Å². The highest BCUT2D eigenvalue weighted by Gasteiger charge is 2.43. The maximum Gasteiger partial charge on any atom is 0.316 e. The molecule has 5 rings (SSSR count). The summed E-state index contributed by atoms with van der Waals surface area (Å²) in [5.41, 5.74) is 3.46. The van der Waals surface area contributed by atoms with Gasteiger partial charge in [0, 0.05) is 18.7 Å². The van der Waals surface area contributed by atoms with Gasteiger partial charge in [0.2, 0.25) is 5.91 Å². The van der Waals surface area contributed by atoms with Gasteiger partial charge in [0.1, 0.15) is 5.75 Å². The van der Waals surface area contributed by atoms with Gasteiger partial charge < -0.3 is 9.64 Å². The van der Waals surface area contributed by atoms with Gasteiger partial charge in [0.15, 0.2) is 0 Å². The Morgan fingerprint density at radius 3 is 1.95 bits per heavy atom. The molecule has 2 aliphatic heterocycles. The zero-order valence-corrected chi connectivity index (χ0v) is 25.3. The molecule has 1 atom stereocenters. The van der Waals surface area contributed by atoms with Gasteiger partial charge in [0.05, 0.1) is 42.8 Å². The molecule has 0 saturated carbocycles. The summed E-state index contributed by atoms with van der Waals surface area (Å²) in [5.74, 6) is -2.50. The van der Waals surface area contributed by atoms with Crippen LogP contribution in [0.25, 0.3) is 0 Å². The molecule has 0 unspecified atom stereocenters. The van der Waals surface area contributed by atoms with E-state index in [1.54, 1.807) is 11.8 Å². The number of aryl methyl sites for hydroxylation is 3. The molecule has 0 bridgehead atoms. The maximum atomic E-state index is 13.2. The number of hydrogen-bond acceptors (Lipinski definition) is 5. The fourth-order valence-corrected chi connectivity index (χ4v) is 6.37. The Morgan fingerprint density at radius 2 is 1.44 bits per heavy atom. The number of fused-ring (bicyclic) bond motifs is 1. The lowest BCUT2D eigenvalue weighted by molar-refractivity contribution is -0.139. The first-order valence-electron chi connectivity index (χ1n) is 13.0. The smallest absolute Gasteiger partial charge is 0.316 e. The van der Waals surface area contributed by atoms with Gasteiger partial charge in [-0.1, -0.05) is 78.5 Å². The van der Waals surface area contributed by atoms with Crippen molar-refractivity contribution in [2.24, 2.45) is 5.92 Å². The van der Waals surface area contributed by atoms with Crippen molar-refractivity contribution in [3.63, 3.8) is 0 Å². The number of carbonyl (C=O) groups is 4. The number of para-hydroxylation sites is 1. The second-order valence-electron chi connectivity index (χ2n) is 9.86. The third-order valence-corrected chi connectivity index (χ3v) is 9.22. The van der Waals surface area contributed by atoms with E-state index in [1.165, 1.54) is 18.2 Å². The molecule has 1 saturated heterocycles. The summed E-state index contributed by atoms with van der Waals surface area (Å²) in [6.07, 6.45) is 1.57. The maximum absolute atomic E-state index is 13.2. The Kier molecular flexibility index (Phi) is 8.09. The van der Waals surface area contributed by atoms with Crippen LogP contribution >= 0.6 is 46.4 Å². The number of esters is 1. The van der Waals surface area contributed by atoms with Gasteiger partial charge in [-0.2, -0.15) is 0 Å². The van der Waals surface area contributed by atoms with Crippen molar-refractivity contribution in [2.75, 3.05) is 16.3 Å². The molecule has 2 heterocycles. The van der Waals surface area contributed by atoms with Gasteiger partial charge >= 0.3 is 5.97 Å². The predicted octanol–water partition coefficient (Wildman–Crippen LogP) is 7.49. The Morgan fingerprint density at radius 1 is 0.878 bits per heavy atom. The fraction of sp³-hybridized carbons (Fsp3) is 0.267. The number of carbonyl (C=O) groups excluding carboxylic acids is 4. The Labute approximate surface area is 256 Å². The summed E-state index contributed by atoms with van der Waals surface area (Å²) >= 11 is 24.7. The molecule has 3 aromatic carbocycles. The van der Waals surface area contributed by atoms with Gasteiger partial charge in [-0.3, -0.25) is 19.2 Å². The highest BCUT2D eigenvalue weighted by Crippen LogP contribution is 2.46. The first-order chi connectivity index (χ1) is 19.5. The quantitative estimate of drug-likeness (QED) is 0.0923. The number of nitrogens with zero attached hydrogens (tertiary/aromatic N) is 2. The van der Waals surface area contributed by atoms with Crippen LogP contribution in [0.5, 0.6) is 5.75 Å². The highest BCUT2D eigenvalue weighted by atomic mass is 35.5. The molecule has 0 N–H and O–H groups in total. The number of halogens is 4. The molecule has 0 radical (unpaired) electrons. The SMILES string of the molecule is CCc1cccc(CC)c1N1C[C@H](C(=O)Oc2ccc(N3C(=O)c4c(Cl)c(Cl)c(Cl)c(Cl)c4C3=O)c(C)c2)CC1=O. The van der Waals surface area contributed by atoms with E-state index < -0.39 is 23.7 Å². The highest BCUT2D eigenvalue weighted by molar-refractivity contribution is 6.56. The minimum atomic E-state index is -0.702. The lowest BCUT2D eigenvalue weighted by atomic mass is 10.0. The lowest BCUT2D eigenvalue weighted by Crippen LogP contribution is -2.30. The van der Waals surface area contributed by atoms with Crippen molar-refractivity contribution in [1.29, 1.82) is 0 Å². The average Bonchev–Trinajstić information content (AvgIpc) is 3.46. The molecule has 0 spiro atoms. The van der Waals surface area contributed by atoms with Gasteiger partial charge in [-0.15, -0.1) is 0 Å². The minimum Gasteiger partial charge on any atom is -0.426 e. The minimum absolute atomic E-state index is 0.0405. The van der Waals surface area contributed by atoms with Crippen LogP contribution in [0, 0.1) is 12.8 Å². The normalized spacial score (nSPS) is 16.6. The van der Waals surface area contributed by atoms with E-state index >= 15 is 0 Å². The second-order valence-corrected chi connectivity index (χ2v) is 11.4. The molecule has 0 aromatic heterocycles. The van der Waals surface area contributed by atoms with Crippen LogP contribution in [-0.4, -0.2) is 30.2 Å². The number of benzene rings is 3. The van der Waals surface area contributed by atoms with Gasteiger partial charge in [-0.25, -0.2) is 4.90 Å². The van der Waals surface area contributed by atoms with Crippen LogP contribution in [0.15, 0.2) is 36.4 Å². The molecule has 7 nitrogen and oxygen atoms in total. The Balaban J connectivity index is 1.36. The lowest BCUT2D eigenvalue weighted by Gasteiger charge is -2.23. The summed E-state index contributed by atoms with van der Waals surface area (Å²) in [6, 6.07) is 10.5. The summed E-state index contributed by atoms with van der Waals surface area (Å²) in [6.45, 7) is 5.95. The molecule has 3 amide bonds. The first kappa shape index (κ1) is 29.4. The number of hydrogen-bond donors (Lipinski definition) is 0. The van der Waals surface area contributed by atoms with E-state index in [-0.39, 0.29) is 61.5 Å². The standard InChI is InChI=1S/C30H24Cl4N2O5/c1-4-15-7-6-8-16(5-2)27(15)35-13-17(12-20(35)37)30(40)41-18-9-10-19(14(3)11-18)36-28(38)21-22(29(36)39)24(32)26(34)25(33)23(21)31/h6-11,17H,4-5,12-13H2,1-3H3/t17-/m1/s1. The first-order valence-corrected chi connectivity index (χ1v) is 14.5. The zero-order valence-electron chi connectivity index (χ0n) is 22.3. The average molecular weight is 634 g/mol. The van der Waals surface area contributed by atoms with E-state index in [4.69, 9.17) is 51.1 Å². The molecular formula is C30H24Cl4N2O5. The van der Waals surface area contributed by atoms with Gasteiger partial charge in [0.25, 0.3) is 11.8 Å². The molecular weight excluding hydrogens is 610 g/mol. The van der Waals surface area contributed by atoms with Crippen LogP contribution in [0.2, 0.25) is 20.1 Å². The monoisotopic (exact) mass is 632 g/mol. The third kappa shape index (κ3) is 4.89. The summed E-state index contributed by atoms with van der Waals surface area (Å²) in [4.78, 5) is 55.2. The second kappa shape index (κ2) is 11.3. The molecule has 41 heavy (non-hydrogen) atoms. The van der Waals surface area contributed by atoms with Crippen molar-refractivity contribution in [3.8, 4) is 5.75 Å². The molecule has 1 fully saturated rings. The number of anilines is 2. The van der Waals surface area contributed by atoms with E-state index in [0.29, 0.717) is 5.56 Å². The van der Waals surface area contributed by atoms with E-state index in [2.05, 4.69) is 0 Å². The molecule has 11 heteroatoms. The predicted molar refractivity (Wildman–Crippen MR) is 160 cm³/mol. The third-order valence-electron chi connectivity index (χ3n) is 7.42.